The molecule has 0 bridgehead atoms. The van der Waals surface area contributed by atoms with Gasteiger partial charge in [0.15, 0.2) is 5.78 Å². The minimum absolute atomic E-state index is 0.0232. The number of nitrogens with one attached hydrogen (secondary N) is 2. The van der Waals surface area contributed by atoms with Gasteiger partial charge in [-0.3, -0.25) is 14.4 Å². The number of hydrogen-bond acceptors (Lipinski definition) is 4. The van der Waals surface area contributed by atoms with Crippen LogP contribution >= 0.6 is 0 Å². The number of hydrogen-bond donors (Lipinski definition) is 2. The van der Waals surface area contributed by atoms with Crippen molar-refractivity contribution in [3.05, 3.63) is 93.5 Å². The summed E-state index contributed by atoms with van der Waals surface area (Å²) in [6.07, 6.45) is 2.45. The Morgan fingerprint density at radius 2 is 1.81 bits per heavy atom. The number of H-pyrrole nitrogens is 1. The zero-order chi connectivity index (χ0) is 18.8. The molecule has 2 aromatic heterocycles. The van der Waals surface area contributed by atoms with E-state index in [1.807, 2.05) is 30.3 Å². The molecular weight excluding hydrogens is 342 g/mol. The number of ketones is 1. The molecule has 2 N–H and O–H groups in total. The lowest BCUT2D eigenvalue weighted by atomic mass is 9.81. The summed E-state index contributed by atoms with van der Waals surface area (Å²) >= 11 is 0. The van der Waals surface area contributed by atoms with E-state index in [1.165, 1.54) is 6.07 Å². The summed E-state index contributed by atoms with van der Waals surface area (Å²) in [6, 6.07) is 16.2. The average Bonchev–Trinajstić information content (AvgIpc) is 2.68. The molecule has 0 radical (unpaired) electrons. The third-order valence-corrected chi connectivity index (χ3v) is 4.73. The largest absolute Gasteiger partial charge is 0.325 e. The SMILES string of the molecule is O=C1C[C@H](c2ccccc2)Cc2[nH]c(=O)c(C(=O)Nc3ccccn3)cc21. The molecule has 1 aliphatic rings. The number of anilines is 1. The Morgan fingerprint density at radius 3 is 2.56 bits per heavy atom. The molecular formula is C21H17N3O3. The molecule has 1 atom stereocenters. The first kappa shape index (κ1) is 16.9. The van der Waals surface area contributed by atoms with Crippen molar-refractivity contribution < 1.29 is 9.59 Å². The van der Waals surface area contributed by atoms with Crippen molar-refractivity contribution >= 4 is 17.5 Å². The number of benzene rings is 1. The van der Waals surface area contributed by atoms with Gasteiger partial charge in [0.05, 0.1) is 0 Å². The second-order valence-electron chi connectivity index (χ2n) is 6.51. The van der Waals surface area contributed by atoms with Crippen LogP contribution in [0.3, 0.4) is 0 Å². The van der Waals surface area contributed by atoms with Crippen LogP contribution < -0.4 is 10.9 Å². The number of pyridine rings is 2. The third-order valence-electron chi connectivity index (χ3n) is 4.73. The van der Waals surface area contributed by atoms with E-state index < -0.39 is 11.5 Å². The normalized spacial score (nSPS) is 15.9. The maximum atomic E-state index is 12.6. The number of carbonyl (C=O) groups is 2. The lowest BCUT2D eigenvalue weighted by molar-refractivity contribution is 0.0963. The second-order valence-corrected chi connectivity index (χ2v) is 6.51. The van der Waals surface area contributed by atoms with Gasteiger partial charge >= 0.3 is 0 Å². The lowest BCUT2D eigenvalue weighted by Crippen LogP contribution is -2.29. The fourth-order valence-electron chi connectivity index (χ4n) is 3.38. The highest BCUT2D eigenvalue weighted by molar-refractivity contribution is 6.06. The van der Waals surface area contributed by atoms with Crippen molar-refractivity contribution in [1.29, 1.82) is 0 Å². The van der Waals surface area contributed by atoms with Crippen LogP contribution in [0, 0.1) is 0 Å². The highest BCUT2D eigenvalue weighted by Crippen LogP contribution is 2.31. The lowest BCUT2D eigenvalue weighted by Gasteiger charge is -2.24. The molecule has 0 aliphatic heterocycles. The predicted molar refractivity (Wildman–Crippen MR) is 101 cm³/mol. The van der Waals surface area contributed by atoms with E-state index in [-0.39, 0.29) is 17.3 Å². The van der Waals surface area contributed by atoms with Gasteiger partial charge in [0.1, 0.15) is 11.4 Å². The molecule has 1 aromatic carbocycles. The Bertz CT molecular complexity index is 1060. The van der Waals surface area contributed by atoms with E-state index in [1.54, 1.807) is 24.4 Å². The van der Waals surface area contributed by atoms with Crippen molar-refractivity contribution in [2.75, 3.05) is 5.32 Å². The molecule has 27 heavy (non-hydrogen) atoms. The summed E-state index contributed by atoms with van der Waals surface area (Å²) in [4.78, 5) is 44.2. The molecule has 0 saturated heterocycles. The smallest absolute Gasteiger partial charge is 0.262 e. The van der Waals surface area contributed by atoms with Crippen molar-refractivity contribution in [3.63, 3.8) is 0 Å². The number of amides is 1. The molecule has 4 rings (SSSR count). The van der Waals surface area contributed by atoms with Gasteiger partial charge in [-0.2, -0.15) is 0 Å². The molecule has 1 aliphatic carbocycles. The van der Waals surface area contributed by atoms with Crippen LogP contribution in [0.5, 0.6) is 0 Å². The highest BCUT2D eigenvalue weighted by atomic mass is 16.2. The van der Waals surface area contributed by atoms with Crippen LogP contribution in [0.4, 0.5) is 5.82 Å². The maximum Gasteiger partial charge on any atom is 0.262 e. The third kappa shape index (κ3) is 3.42. The van der Waals surface area contributed by atoms with Gasteiger partial charge in [-0.15, -0.1) is 0 Å². The molecule has 2 heterocycles. The number of carbonyl (C=O) groups excluding carboxylic acids is 2. The molecule has 6 heteroatoms. The Hall–Kier alpha value is -3.54. The standard InChI is InChI=1S/C21H17N3O3/c25-18-11-14(13-6-2-1-3-7-13)10-17-15(18)12-16(20(26)23-17)21(27)24-19-8-4-5-9-22-19/h1-9,12,14H,10-11H2,(H,23,26)(H,22,24,27)/t14-/m1/s1. The first-order valence-electron chi connectivity index (χ1n) is 8.68. The molecule has 0 saturated carbocycles. The van der Waals surface area contributed by atoms with Gasteiger partial charge in [-0.05, 0) is 36.1 Å². The van der Waals surface area contributed by atoms with Crippen LogP contribution in [0.2, 0.25) is 0 Å². The molecule has 3 aromatic rings. The molecule has 1 amide bonds. The Kier molecular flexibility index (Phi) is 4.38. The Balaban J connectivity index is 1.64. The maximum absolute atomic E-state index is 12.6. The summed E-state index contributed by atoms with van der Waals surface area (Å²) in [7, 11) is 0. The van der Waals surface area contributed by atoms with Crippen LogP contribution in [0.25, 0.3) is 0 Å². The van der Waals surface area contributed by atoms with E-state index in [4.69, 9.17) is 0 Å². The molecule has 6 nitrogen and oxygen atoms in total. The average molecular weight is 359 g/mol. The van der Waals surface area contributed by atoms with Gasteiger partial charge in [0.2, 0.25) is 0 Å². The molecule has 0 spiro atoms. The van der Waals surface area contributed by atoms with E-state index in [2.05, 4.69) is 15.3 Å². The summed E-state index contributed by atoms with van der Waals surface area (Å²) < 4.78 is 0. The van der Waals surface area contributed by atoms with Crippen molar-refractivity contribution in [1.82, 2.24) is 9.97 Å². The van der Waals surface area contributed by atoms with E-state index >= 15 is 0 Å². The summed E-state index contributed by atoms with van der Waals surface area (Å²) in [6.45, 7) is 0. The Labute approximate surface area is 155 Å². The van der Waals surface area contributed by atoms with Crippen LogP contribution in [0.1, 0.15) is 44.3 Å². The summed E-state index contributed by atoms with van der Waals surface area (Å²) in [5, 5.41) is 2.57. The van der Waals surface area contributed by atoms with Gasteiger partial charge in [0, 0.05) is 23.9 Å². The molecule has 0 fully saturated rings. The fraction of sp³-hybridized carbons (Fsp3) is 0.143. The molecule has 0 unspecified atom stereocenters. The first-order valence-corrected chi connectivity index (χ1v) is 8.68. The topological polar surface area (TPSA) is 91.9 Å². The number of aromatic nitrogens is 2. The van der Waals surface area contributed by atoms with Crippen molar-refractivity contribution in [3.8, 4) is 0 Å². The van der Waals surface area contributed by atoms with Gasteiger partial charge in [-0.1, -0.05) is 36.4 Å². The monoisotopic (exact) mass is 359 g/mol. The number of fused-ring (bicyclic) bond motifs is 1. The van der Waals surface area contributed by atoms with E-state index in [0.717, 1.165) is 5.56 Å². The van der Waals surface area contributed by atoms with E-state index in [9.17, 15) is 14.4 Å². The number of Topliss-reactive ketones (excluding diaryl/α,β-unsaturated/α-hetero) is 1. The summed E-state index contributed by atoms with van der Waals surface area (Å²) in [5.74, 6) is -0.297. The zero-order valence-corrected chi connectivity index (χ0v) is 14.4. The van der Waals surface area contributed by atoms with E-state index in [0.29, 0.717) is 29.9 Å². The minimum Gasteiger partial charge on any atom is -0.325 e. The minimum atomic E-state index is -0.587. The van der Waals surface area contributed by atoms with Gasteiger partial charge in [0.25, 0.3) is 11.5 Å². The van der Waals surface area contributed by atoms with Crippen molar-refractivity contribution in [2.24, 2.45) is 0 Å². The quantitative estimate of drug-likeness (QED) is 0.752. The van der Waals surface area contributed by atoms with Crippen molar-refractivity contribution in [2.45, 2.75) is 18.8 Å². The highest BCUT2D eigenvalue weighted by Gasteiger charge is 2.28. The predicted octanol–water partition coefficient (Wildman–Crippen LogP) is 2.93. The number of rotatable bonds is 3. The van der Waals surface area contributed by atoms with Gasteiger partial charge in [-0.25, -0.2) is 4.98 Å². The number of nitrogens with zero attached hydrogens (tertiary/aromatic N) is 1. The van der Waals surface area contributed by atoms with Gasteiger partial charge < -0.3 is 10.3 Å². The second kappa shape index (κ2) is 6.99. The van der Waals surface area contributed by atoms with Crippen LogP contribution in [-0.2, 0) is 6.42 Å². The first-order chi connectivity index (χ1) is 13.1. The van der Waals surface area contributed by atoms with Crippen LogP contribution in [-0.4, -0.2) is 21.7 Å². The summed E-state index contributed by atoms with van der Waals surface area (Å²) in [5.41, 5.74) is 1.45. The molecule has 134 valence electrons. The zero-order valence-electron chi connectivity index (χ0n) is 14.4. The fourth-order valence-corrected chi connectivity index (χ4v) is 3.38. The Morgan fingerprint density at radius 1 is 1.04 bits per heavy atom. The van der Waals surface area contributed by atoms with Crippen LogP contribution in [0.15, 0.2) is 65.6 Å². The number of aromatic amines is 1.